The molecule has 0 spiro atoms. The standard InChI is InChI=1S/C22H35N7O2/c1-2-21-27-26-19-29(21)13-10-24-22(23-9-6-12-28-14-17-30-18-15-28)25-11-16-31-20-7-4-3-5-8-20/h3-5,7-8,19H,2,6,9-18H2,1H3,(H2,23,24,25). The molecule has 9 heteroatoms. The smallest absolute Gasteiger partial charge is 0.191 e. The molecule has 2 aromatic rings. The van der Waals surface area contributed by atoms with Crippen LogP contribution >= 0.6 is 0 Å². The summed E-state index contributed by atoms with van der Waals surface area (Å²) >= 11 is 0. The van der Waals surface area contributed by atoms with Gasteiger partial charge in [-0.2, -0.15) is 0 Å². The Labute approximate surface area is 184 Å². The molecule has 1 aliphatic heterocycles. The van der Waals surface area contributed by atoms with Crippen LogP contribution in [0.1, 0.15) is 19.2 Å². The zero-order valence-corrected chi connectivity index (χ0v) is 18.5. The van der Waals surface area contributed by atoms with Gasteiger partial charge < -0.3 is 24.7 Å². The number of morpholine rings is 1. The van der Waals surface area contributed by atoms with Crippen LogP contribution in [0, 0.1) is 0 Å². The van der Waals surface area contributed by atoms with Gasteiger partial charge in [-0.25, -0.2) is 0 Å². The first-order valence-electron chi connectivity index (χ1n) is 11.2. The zero-order valence-electron chi connectivity index (χ0n) is 18.5. The van der Waals surface area contributed by atoms with Crippen molar-refractivity contribution in [1.82, 2.24) is 30.3 Å². The molecule has 0 amide bonds. The van der Waals surface area contributed by atoms with E-state index >= 15 is 0 Å². The summed E-state index contributed by atoms with van der Waals surface area (Å²) in [5.74, 6) is 2.68. The number of aliphatic imine (C=N–C) groups is 1. The van der Waals surface area contributed by atoms with Gasteiger partial charge in [0.1, 0.15) is 24.5 Å². The van der Waals surface area contributed by atoms with Gasteiger partial charge in [0.25, 0.3) is 0 Å². The molecule has 1 aliphatic rings. The van der Waals surface area contributed by atoms with Gasteiger partial charge in [-0.3, -0.25) is 9.89 Å². The number of benzene rings is 1. The molecule has 0 bridgehead atoms. The Bertz CT molecular complexity index is 760. The van der Waals surface area contributed by atoms with Gasteiger partial charge >= 0.3 is 0 Å². The molecular formula is C22H35N7O2. The lowest BCUT2D eigenvalue weighted by atomic mass is 10.3. The van der Waals surface area contributed by atoms with Crippen LogP contribution in [-0.4, -0.2) is 84.7 Å². The number of rotatable bonds is 12. The number of hydrogen-bond acceptors (Lipinski definition) is 6. The maximum Gasteiger partial charge on any atom is 0.191 e. The molecule has 2 N–H and O–H groups in total. The summed E-state index contributed by atoms with van der Waals surface area (Å²) in [7, 11) is 0. The highest BCUT2D eigenvalue weighted by molar-refractivity contribution is 5.79. The topological polar surface area (TPSA) is 88.8 Å². The van der Waals surface area contributed by atoms with Crippen molar-refractivity contribution in [2.24, 2.45) is 4.99 Å². The van der Waals surface area contributed by atoms with Crippen molar-refractivity contribution in [3.63, 3.8) is 0 Å². The number of hydrogen-bond donors (Lipinski definition) is 2. The highest BCUT2D eigenvalue weighted by Crippen LogP contribution is 2.07. The van der Waals surface area contributed by atoms with Crippen molar-refractivity contribution < 1.29 is 9.47 Å². The first-order valence-corrected chi connectivity index (χ1v) is 11.2. The van der Waals surface area contributed by atoms with E-state index in [1.54, 1.807) is 6.33 Å². The van der Waals surface area contributed by atoms with Crippen molar-refractivity contribution in [3.8, 4) is 5.75 Å². The van der Waals surface area contributed by atoms with Gasteiger partial charge in [-0.05, 0) is 18.6 Å². The second kappa shape index (κ2) is 13.6. The van der Waals surface area contributed by atoms with E-state index < -0.39 is 0 Å². The van der Waals surface area contributed by atoms with Gasteiger partial charge in [0.05, 0.1) is 19.8 Å². The summed E-state index contributed by atoms with van der Waals surface area (Å²) in [6.07, 6.45) is 3.68. The quantitative estimate of drug-likeness (QED) is 0.297. The predicted octanol–water partition coefficient (Wildman–Crippen LogP) is 1.18. The number of guanidine groups is 1. The van der Waals surface area contributed by atoms with Crippen molar-refractivity contribution in [2.75, 3.05) is 59.1 Å². The summed E-state index contributed by atoms with van der Waals surface area (Å²) in [4.78, 5) is 7.19. The SMILES string of the molecule is CCc1nncn1CCNC(=NCCCN1CCOCC1)NCCOc1ccccc1. The Hall–Kier alpha value is -2.65. The maximum atomic E-state index is 5.77. The fourth-order valence-corrected chi connectivity index (χ4v) is 3.37. The first-order chi connectivity index (χ1) is 15.3. The van der Waals surface area contributed by atoms with E-state index in [1.807, 2.05) is 30.3 Å². The molecule has 0 radical (unpaired) electrons. The summed E-state index contributed by atoms with van der Waals surface area (Å²) in [6.45, 7) is 10.4. The van der Waals surface area contributed by atoms with Crippen LogP contribution in [0.3, 0.4) is 0 Å². The highest BCUT2D eigenvalue weighted by Gasteiger charge is 2.09. The molecule has 2 heterocycles. The minimum atomic E-state index is 0.573. The Kier molecular flexibility index (Phi) is 10.1. The second-order valence-electron chi connectivity index (χ2n) is 7.35. The van der Waals surface area contributed by atoms with Gasteiger partial charge in [0, 0.05) is 45.7 Å². The fourth-order valence-electron chi connectivity index (χ4n) is 3.37. The Morgan fingerprint density at radius 3 is 2.74 bits per heavy atom. The second-order valence-corrected chi connectivity index (χ2v) is 7.35. The average Bonchev–Trinajstić information content (AvgIpc) is 3.28. The molecule has 31 heavy (non-hydrogen) atoms. The average molecular weight is 430 g/mol. The lowest BCUT2D eigenvalue weighted by Gasteiger charge is -2.26. The largest absolute Gasteiger partial charge is 0.492 e. The molecule has 0 saturated carbocycles. The Balaban J connectivity index is 1.42. The summed E-state index contributed by atoms with van der Waals surface area (Å²) < 4.78 is 13.3. The monoisotopic (exact) mass is 429 g/mol. The number of ether oxygens (including phenoxy) is 2. The van der Waals surface area contributed by atoms with Crippen LogP contribution in [0.5, 0.6) is 5.75 Å². The number of aromatic nitrogens is 3. The van der Waals surface area contributed by atoms with Crippen molar-refractivity contribution >= 4 is 5.96 Å². The third kappa shape index (κ3) is 8.55. The van der Waals surface area contributed by atoms with Crippen molar-refractivity contribution in [1.29, 1.82) is 0 Å². The zero-order chi connectivity index (χ0) is 21.6. The van der Waals surface area contributed by atoms with E-state index in [9.17, 15) is 0 Å². The molecule has 1 fully saturated rings. The van der Waals surface area contributed by atoms with Gasteiger partial charge in [0.2, 0.25) is 0 Å². The van der Waals surface area contributed by atoms with Crippen LogP contribution < -0.4 is 15.4 Å². The molecule has 1 aromatic heterocycles. The van der Waals surface area contributed by atoms with E-state index in [0.29, 0.717) is 13.2 Å². The molecule has 0 aliphatic carbocycles. The number of aryl methyl sites for hydroxylation is 1. The molecule has 9 nitrogen and oxygen atoms in total. The van der Waals surface area contributed by atoms with Crippen LogP contribution in [0.15, 0.2) is 41.7 Å². The van der Waals surface area contributed by atoms with Crippen molar-refractivity contribution in [3.05, 3.63) is 42.5 Å². The normalized spacial score (nSPS) is 15.1. The van der Waals surface area contributed by atoms with Crippen LogP contribution in [-0.2, 0) is 17.7 Å². The Morgan fingerprint density at radius 2 is 1.94 bits per heavy atom. The maximum absolute atomic E-state index is 5.77. The third-order valence-electron chi connectivity index (χ3n) is 5.07. The fraction of sp³-hybridized carbons (Fsp3) is 0.591. The van der Waals surface area contributed by atoms with E-state index in [0.717, 1.165) is 82.9 Å². The predicted molar refractivity (Wildman–Crippen MR) is 122 cm³/mol. The van der Waals surface area contributed by atoms with Crippen LogP contribution in [0.25, 0.3) is 0 Å². The first kappa shape index (κ1) is 23.0. The van der Waals surface area contributed by atoms with E-state index in [2.05, 4.69) is 37.2 Å². The summed E-state index contributed by atoms with van der Waals surface area (Å²) in [6, 6.07) is 9.85. The molecule has 1 saturated heterocycles. The lowest BCUT2D eigenvalue weighted by Crippen LogP contribution is -2.41. The molecule has 0 unspecified atom stereocenters. The number of para-hydroxylation sites is 1. The Morgan fingerprint density at radius 1 is 1.13 bits per heavy atom. The van der Waals surface area contributed by atoms with Gasteiger partial charge in [-0.1, -0.05) is 25.1 Å². The summed E-state index contributed by atoms with van der Waals surface area (Å²) in [5.41, 5.74) is 0. The third-order valence-corrected chi connectivity index (χ3v) is 5.07. The van der Waals surface area contributed by atoms with E-state index in [-0.39, 0.29) is 0 Å². The summed E-state index contributed by atoms with van der Waals surface area (Å²) in [5, 5.41) is 14.9. The number of nitrogens with one attached hydrogen (secondary N) is 2. The molecule has 0 atom stereocenters. The van der Waals surface area contributed by atoms with Gasteiger partial charge in [-0.15, -0.1) is 10.2 Å². The highest BCUT2D eigenvalue weighted by atomic mass is 16.5. The van der Waals surface area contributed by atoms with Crippen molar-refractivity contribution in [2.45, 2.75) is 26.3 Å². The minimum Gasteiger partial charge on any atom is -0.492 e. The lowest BCUT2D eigenvalue weighted by molar-refractivity contribution is 0.0377. The van der Waals surface area contributed by atoms with Crippen LogP contribution in [0.2, 0.25) is 0 Å². The van der Waals surface area contributed by atoms with E-state index in [1.165, 1.54) is 0 Å². The van der Waals surface area contributed by atoms with E-state index in [4.69, 9.17) is 14.5 Å². The minimum absolute atomic E-state index is 0.573. The molecule has 1 aromatic carbocycles. The number of nitrogens with zero attached hydrogens (tertiary/aromatic N) is 5. The van der Waals surface area contributed by atoms with Gasteiger partial charge in [0.15, 0.2) is 5.96 Å². The van der Waals surface area contributed by atoms with Crippen LogP contribution in [0.4, 0.5) is 0 Å². The molecule has 3 rings (SSSR count). The molecular weight excluding hydrogens is 394 g/mol. The molecule has 170 valence electrons.